The van der Waals surface area contributed by atoms with E-state index in [4.69, 9.17) is 5.73 Å². The van der Waals surface area contributed by atoms with Crippen LogP contribution in [0.5, 0.6) is 0 Å². The summed E-state index contributed by atoms with van der Waals surface area (Å²) >= 11 is 0. The molecule has 1 aromatic carbocycles. The minimum absolute atomic E-state index is 0.422. The normalized spacial score (nSPS) is 9.50. The number of anilines is 1. The van der Waals surface area contributed by atoms with Crippen molar-refractivity contribution in [3.8, 4) is 0 Å². The number of amides is 2. The molecule has 0 unspecified atom stereocenters. The zero-order chi connectivity index (χ0) is 10.6. The molecule has 0 aliphatic rings. The number of primary amides is 1. The zero-order valence-electron chi connectivity index (χ0n) is 7.93. The molecular weight excluding hydrogens is 180 g/mol. The first-order valence-corrected chi connectivity index (χ1v) is 4.33. The molecule has 0 atom stereocenters. The molecule has 0 aromatic heterocycles. The molecule has 0 fully saturated rings. The molecule has 2 N–H and O–H groups in total. The number of carbonyl (C=O) groups excluding carboxylic acids is 2. The third kappa shape index (κ3) is 2.10. The number of hydrogen-bond donors (Lipinski definition) is 1. The van der Waals surface area contributed by atoms with Crippen LogP contribution in [0.4, 0.5) is 5.69 Å². The van der Waals surface area contributed by atoms with E-state index in [1.54, 1.807) is 31.2 Å². The summed E-state index contributed by atoms with van der Waals surface area (Å²) in [7, 11) is 0. The predicted molar refractivity (Wildman–Crippen MR) is 53.7 cm³/mol. The highest BCUT2D eigenvalue weighted by Gasteiger charge is 2.18. The van der Waals surface area contributed by atoms with Gasteiger partial charge in [-0.3, -0.25) is 9.59 Å². The minimum atomic E-state index is -0.935. The maximum absolute atomic E-state index is 11.3. The average Bonchev–Trinajstić information content (AvgIpc) is 2.20. The van der Waals surface area contributed by atoms with Crippen LogP contribution in [0.2, 0.25) is 0 Å². The lowest BCUT2D eigenvalue weighted by Crippen LogP contribution is -2.40. The van der Waals surface area contributed by atoms with Gasteiger partial charge in [-0.05, 0) is 19.1 Å². The second-order valence-corrected chi connectivity index (χ2v) is 2.75. The Morgan fingerprint density at radius 3 is 2.29 bits per heavy atom. The summed E-state index contributed by atoms with van der Waals surface area (Å²) in [5.41, 5.74) is 5.60. The van der Waals surface area contributed by atoms with Crippen LogP contribution in [0.3, 0.4) is 0 Å². The third-order valence-corrected chi connectivity index (χ3v) is 1.84. The maximum atomic E-state index is 11.3. The second kappa shape index (κ2) is 4.41. The van der Waals surface area contributed by atoms with Crippen LogP contribution in [0.25, 0.3) is 0 Å². The Morgan fingerprint density at radius 1 is 1.29 bits per heavy atom. The van der Waals surface area contributed by atoms with E-state index in [9.17, 15) is 9.59 Å². The van der Waals surface area contributed by atoms with Crippen LogP contribution in [-0.4, -0.2) is 18.4 Å². The highest BCUT2D eigenvalue weighted by molar-refractivity contribution is 6.39. The molecule has 0 aliphatic carbocycles. The lowest BCUT2D eigenvalue weighted by atomic mass is 10.3. The van der Waals surface area contributed by atoms with Crippen molar-refractivity contribution in [1.82, 2.24) is 0 Å². The quantitative estimate of drug-likeness (QED) is 0.694. The van der Waals surface area contributed by atoms with Crippen LogP contribution in [0.1, 0.15) is 6.92 Å². The van der Waals surface area contributed by atoms with Gasteiger partial charge in [0.1, 0.15) is 0 Å². The summed E-state index contributed by atoms with van der Waals surface area (Å²) in [5, 5.41) is 0. The van der Waals surface area contributed by atoms with Gasteiger partial charge in [-0.2, -0.15) is 0 Å². The van der Waals surface area contributed by atoms with E-state index in [0.29, 0.717) is 12.2 Å². The lowest BCUT2D eigenvalue weighted by Gasteiger charge is -2.18. The van der Waals surface area contributed by atoms with Crippen molar-refractivity contribution in [2.45, 2.75) is 6.92 Å². The molecule has 4 nitrogen and oxygen atoms in total. The van der Waals surface area contributed by atoms with Crippen molar-refractivity contribution in [3.63, 3.8) is 0 Å². The van der Waals surface area contributed by atoms with Crippen molar-refractivity contribution in [2.75, 3.05) is 11.4 Å². The number of carbonyl (C=O) groups is 2. The van der Waals surface area contributed by atoms with E-state index in [-0.39, 0.29) is 0 Å². The highest BCUT2D eigenvalue weighted by Crippen LogP contribution is 2.12. The Kier molecular flexibility index (Phi) is 3.23. The van der Waals surface area contributed by atoms with Crippen LogP contribution in [-0.2, 0) is 9.59 Å². The summed E-state index contributed by atoms with van der Waals surface area (Å²) in [5.74, 6) is -1.62. The molecule has 14 heavy (non-hydrogen) atoms. The van der Waals surface area contributed by atoms with Gasteiger partial charge in [0, 0.05) is 12.2 Å². The van der Waals surface area contributed by atoms with E-state index in [2.05, 4.69) is 0 Å². The van der Waals surface area contributed by atoms with E-state index in [1.165, 1.54) is 4.90 Å². The number of nitrogens with zero attached hydrogens (tertiary/aromatic N) is 1. The third-order valence-electron chi connectivity index (χ3n) is 1.84. The lowest BCUT2D eigenvalue weighted by molar-refractivity contribution is -0.135. The van der Waals surface area contributed by atoms with Gasteiger partial charge in [-0.25, -0.2) is 0 Å². The van der Waals surface area contributed by atoms with Gasteiger partial charge in [0.25, 0.3) is 0 Å². The van der Waals surface area contributed by atoms with Gasteiger partial charge in [0.15, 0.2) is 0 Å². The summed E-state index contributed by atoms with van der Waals surface area (Å²) < 4.78 is 0. The number of para-hydroxylation sites is 1. The van der Waals surface area contributed by atoms with E-state index in [0.717, 1.165) is 0 Å². The SMILES string of the molecule is CCN(C(=O)C(N)=O)c1ccccc1. The average molecular weight is 192 g/mol. The number of likely N-dealkylation sites (N-methyl/N-ethyl adjacent to an activating group) is 1. The fourth-order valence-corrected chi connectivity index (χ4v) is 1.18. The first-order chi connectivity index (χ1) is 6.66. The van der Waals surface area contributed by atoms with Crippen molar-refractivity contribution in [2.24, 2.45) is 5.73 Å². The van der Waals surface area contributed by atoms with Gasteiger partial charge in [0.05, 0.1) is 0 Å². The van der Waals surface area contributed by atoms with Crippen molar-refractivity contribution >= 4 is 17.5 Å². The largest absolute Gasteiger partial charge is 0.361 e. The topological polar surface area (TPSA) is 63.4 Å². The van der Waals surface area contributed by atoms with Crippen molar-refractivity contribution in [3.05, 3.63) is 30.3 Å². The summed E-state index contributed by atoms with van der Waals surface area (Å²) in [6.07, 6.45) is 0. The van der Waals surface area contributed by atoms with Crippen LogP contribution >= 0.6 is 0 Å². The molecule has 0 radical (unpaired) electrons. The molecule has 0 bridgehead atoms. The number of nitrogens with two attached hydrogens (primary N) is 1. The molecule has 0 saturated carbocycles. The first-order valence-electron chi connectivity index (χ1n) is 4.33. The van der Waals surface area contributed by atoms with Crippen LogP contribution in [0, 0.1) is 0 Å². The summed E-state index contributed by atoms with van der Waals surface area (Å²) in [6, 6.07) is 8.94. The Balaban J connectivity index is 2.93. The van der Waals surface area contributed by atoms with E-state index < -0.39 is 11.8 Å². The molecule has 0 aliphatic heterocycles. The fraction of sp³-hybridized carbons (Fsp3) is 0.200. The number of rotatable bonds is 2. The summed E-state index contributed by atoms with van der Waals surface area (Å²) in [6.45, 7) is 2.21. The molecule has 74 valence electrons. The Bertz CT molecular complexity index is 335. The highest BCUT2D eigenvalue weighted by atomic mass is 16.2. The molecule has 0 heterocycles. The van der Waals surface area contributed by atoms with E-state index in [1.807, 2.05) is 6.07 Å². The second-order valence-electron chi connectivity index (χ2n) is 2.75. The molecular formula is C10H12N2O2. The fourth-order valence-electron chi connectivity index (χ4n) is 1.18. The number of hydrogen-bond acceptors (Lipinski definition) is 2. The Morgan fingerprint density at radius 2 is 1.86 bits per heavy atom. The van der Waals surface area contributed by atoms with Gasteiger partial charge in [-0.1, -0.05) is 18.2 Å². The molecule has 2 amide bonds. The zero-order valence-corrected chi connectivity index (χ0v) is 7.93. The molecule has 0 spiro atoms. The predicted octanol–water partition coefficient (Wildman–Crippen LogP) is 0.525. The van der Waals surface area contributed by atoms with Gasteiger partial charge in [-0.15, -0.1) is 0 Å². The summed E-state index contributed by atoms with van der Waals surface area (Å²) in [4.78, 5) is 23.4. The molecule has 0 saturated heterocycles. The van der Waals surface area contributed by atoms with Crippen molar-refractivity contribution in [1.29, 1.82) is 0 Å². The van der Waals surface area contributed by atoms with Gasteiger partial charge >= 0.3 is 11.8 Å². The van der Waals surface area contributed by atoms with E-state index >= 15 is 0 Å². The maximum Gasteiger partial charge on any atom is 0.316 e. The van der Waals surface area contributed by atoms with Crippen LogP contribution in [0.15, 0.2) is 30.3 Å². The molecule has 1 aromatic rings. The number of benzene rings is 1. The van der Waals surface area contributed by atoms with Gasteiger partial charge < -0.3 is 10.6 Å². The minimum Gasteiger partial charge on any atom is -0.361 e. The van der Waals surface area contributed by atoms with Gasteiger partial charge in [0.2, 0.25) is 0 Å². The monoisotopic (exact) mass is 192 g/mol. The molecule has 1 rings (SSSR count). The van der Waals surface area contributed by atoms with Crippen molar-refractivity contribution < 1.29 is 9.59 Å². The smallest absolute Gasteiger partial charge is 0.316 e. The standard InChI is InChI=1S/C10H12N2O2/c1-2-12(10(14)9(11)13)8-6-4-3-5-7-8/h3-7H,2H2,1H3,(H2,11,13). The Hall–Kier alpha value is -1.84. The van der Waals surface area contributed by atoms with Crippen LogP contribution < -0.4 is 10.6 Å². The first kappa shape index (κ1) is 10.2. The Labute approximate surface area is 82.3 Å². The molecule has 4 heteroatoms.